The summed E-state index contributed by atoms with van der Waals surface area (Å²) in [7, 11) is 0. The van der Waals surface area contributed by atoms with Gasteiger partial charge in [0.15, 0.2) is 0 Å². The molecule has 4 heteroatoms. The van der Waals surface area contributed by atoms with Crippen molar-refractivity contribution in [1.29, 1.82) is 0 Å². The van der Waals surface area contributed by atoms with E-state index in [0.29, 0.717) is 13.2 Å². The normalized spacial score (nSPS) is 12.6. The van der Waals surface area contributed by atoms with Gasteiger partial charge in [-0.25, -0.2) is 4.79 Å². The molecule has 4 rings (SSSR count). The highest BCUT2D eigenvalue weighted by Crippen LogP contribution is 2.44. The van der Waals surface area contributed by atoms with Crippen molar-refractivity contribution < 1.29 is 9.53 Å². The topological polar surface area (TPSA) is 38.3 Å². The lowest BCUT2D eigenvalue weighted by Crippen LogP contribution is -2.26. The quantitative estimate of drug-likeness (QED) is 0.514. The van der Waals surface area contributed by atoms with Crippen molar-refractivity contribution in [2.24, 2.45) is 0 Å². The minimum Gasteiger partial charge on any atom is -0.449 e. The summed E-state index contributed by atoms with van der Waals surface area (Å²) >= 11 is 6.21. The molecule has 1 N–H and O–H groups in total. The van der Waals surface area contributed by atoms with E-state index in [1.807, 2.05) is 62.4 Å². The molecule has 152 valence electrons. The van der Waals surface area contributed by atoms with Crippen LogP contribution in [-0.2, 0) is 4.74 Å². The standard InChI is InChI=1S/C26H24ClNO2/c1-17-14-19(15-18(2)25(17)27)8-7-13-28-26(29)30-16-24-22-11-5-3-9-20(22)21-10-4-6-12-23(21)24/h3-12,14-15,24H,13,16H2,1-2H3,(H,28,29). The molecule has 0 bridgehead atoms. The molecule has 1 aliphatic rings. The Hall–Kier alpha value is -3.04. The monoisotopic (exact) mass is 417 g/mol. The number of aryl methyl sites for hydroxylation is 2. The van der Waals surface area contributed by atoms with E-state index < -0.39 is 6.09 Å². The first kappa shape index (κ1) is 20.2. The van der Waals surface area contributed by atoms with Gasteiger partial charge >= 0.3 is 6.09 Å². The summed E-state index contributed by atoms with van der Waals surface area (Å²) in [5, 5.41) is 3.59. The second-order valence-corrected chi connectivity index (χ2v) is 7.96. The molecular weight excluding hydrogens is 394 g/mol. The summed E-state index contributed by atoms with van der Waals surface area (Å²) in [5.41, 5.74) is 8.00. The van der Waals surface area contributed by atoms with Crippen molar-refractivity contribution in [3.63, 3.8) is 0 Å². The van der Waals surface area contributed by atoms with Crippen LogP contribution >= 0.6 is 11.6 Å². The summed E-state index contributed by atoms with van der Waals surface area (Å²) in [4.78, 5) is 12.2. The number of fused-ring (bicyclic) bond motifs is 3. The van der Waals surface area contributed by atoms with Crippen LogP contribution in [0.3, 0.4) is 0 Å². The van der Waals surface area contributed by atoms with E-state index in [1.165, 1.54) is 22.3 Å². The maximum atomic E-state index is 12.2. The van der Waals surface area contributed by atoms with E-state index in [2.05, 4.69) is 29.6 Å². The summed E-state index contributed by atoms with van der Waals surface area (Å²) in [6.45, 7) is 4.69. The van der Waals surface area contributed by atoms with Crippen molar-refractivity contribution >= 4 is 23.8 Å². The Kier molecular flexibility index (Phi) is 5.91. The zero-order valence-electron chi connectivity index (χ0n) is 17.1. The molecule has 0 saturated heterocycles. The van der Waals surface area contributed by atoms with Gasteiger partial charge in [-0.15, -0.1) is 0 Å². The number of carbonyl (C=O) groups is 1. The first-order valence-corrected chi connectivity index (χ1v) is 10.4. The molecule has 30 heavy (non-hydrogen) atoms. The molecule has 0 spiro atoms. The molecule has 0 unspecified atom stereocenters. The number of rotatable bonds is 5. The molecule has 3 aromatic carbocycles. The lowest BCUT2D eigenvalue weighted by molar-refractivity contribution is 0.144. The highest BCUT2D eigenvalue weighted by Gasteiger charge is 2.28. The number of hydrogen-bond acceptors (Lipinski definition) is 2. The summed E-state index contributed by atoms with van der Waals surface area (Å²) in [6, 6.07) is 20.7. The van der Waals surface area contributed by atoms with Crippen LogP contribution in [0, 0.1) is 13.8 Å². The Morgan fingerprint density at radius 3 is 2.17 bits per heavy atom. The summed E-state index contributed by atoms with van der Waals surface area (Å²) in [5.74, 6) is 0.0682. The SMILES string of the molecule is Cc1cc(C=CCNC(=O)OCC2c3ccccc3-c3ccccc32)cc(C)c1Cl. The Bertz CT molecular complexity index is 1050. The Balaban J connectivity index is 1.34. The highest BCUT2D eigenvalue weighted by atomic mass is 35.5. The number of benzene rings is 3. The molecular formula is C26H24ClNO2. The van der Waals surface area contributed by atoms with Gasteiger partial charge in [-0.2, -0.15) is 0 Å². The molecule has 0 fully saturated rings. The average Bonchev–Trinajstić information content (AvgIpc) is 3.07. The molecule has 0 atom stereocenters. The number of nitrogens with one attached hydrogen (secondary N) is 1. The van der Waals surface area contributed by atoms with E-state index in [1.54, 1.807) is 0 Å². The van der Waals surface area contributed by atoms with Crippen LogP contribution in [0.5, 0.6) is 0 Å². The molecule has 0 aromatic heterocycles. The number of amides is 1. The number of carbonyl (C=O) groups excluding carboxylic acids is 1. The Labute approximate surface area is 182 Å². The lowest BCUT2D eigenvalue weighted by Gasteiger charge is -2.14. The number of ether oxygens (including phenoxy) is 1. The smallest absolute Gasteiger partial charge is 0.407 e. The highest BCUT2D eigenvalue weighted by molar-refractivity contribution is 6.32. The van der Waals surface area contributed by atoms with Gasteiger partial charge in [0.2, 0.25) is 0 Å². The minimum absolute atomic E-state index is 0.0682. The van der Waals surface area contributed by atoms with E-state index in [4.69, 9.17) is 16.3 Å². The maximum Gasteiger partial charge on any atom is 0.407 e. The minimum atomic E-state index is -0.412. The van der Waals surface area contributed by atoms with Gasteiger partial charge in [-0.05, 0) is 52.8 Å². The molecule has 0 radical (unpaired) electrons. The van der Waals surface area contributed by atoms with Crippen LogP contribution in [-0.4, -0.2) is 19.2 Å². The second kappa shape index (κ2) is 8.76. The van der Waals surface area contributed by atoms with Gasteiger partial charge in [-0.3, -0.25) is 0 Å². The average molecular weight is 418 g/mol. The predicted octanol–water partition coefficient (Wildman–Crippen LogP) is 6.51. The van der Waals surface area contributed by atoms with Crippen molar-refractivity contribution in [3.8, 4) is 11.1 Å². The fourth-order valence-corrected chi connectivity index (χ4v) is 4.17. The van der Waals surface area contributed by atoms with E-state index in [0.717, 1.165) is 21.7 Å². The molecule has 1 amide bonds. The van der Waals surface area contributed by atoms with Gasteiger partial charge in [0.25, 0.3) is 0 Å². The van der Waals surface area contributed by atoms with Crippen LogP contribution in [0.4, 0.5) is 4.79 Å². The summed E-state index contributed by atoms with van der Waals surface area (Å²) in [6.07, 6.45) is 3.47. The van der Waals surface area contributed by atoms with Crippen molar-refractivity contribution in [2.45, 2.75) is 19.8 Å². The van der Waals surface area contributed by atoms with Gasteiger partial charge in [0.1, 0.15) is 6.61 Å². The zero-order valence-corrected chi connectivity index (χ0v) is 17.9. The first-order valence-electron chi connectivity index (χ1n) is 10.1. The molecule has 0 heterocycles. The predicted molar refractivity (Wildman–Crippen MR) is 123 cm³/mol. The van der Waals surface area contributed by atoms with Gasteiger partial charge in [0, 0.05) is 17.5 Å². The van der Waals surface area contributed by atoms with Crippen LogP contribution in [0.15, 0.2) is 66.7 Å². The molecule has 3 aromatic rings. The van der Waals surface area contributed by atoms with Crippen LogP contribution in [0.2, 0.25) is 5.02 Å². The van der Waals surface area contributed by atoms with Crippen molar-refractivity contribution in [3.05, 3.63) is 99.6 Å². The first-order chi connectivity index (χ1) is 14.5. The summed E-state index contributed by atoms with van der Waals surface area (Å²) < 4.78 is 5.54. The molecule has 3 nitrogen and oxygen atoms in total. The second-order valence-electron chi connectivity index (χ2n) is 7.58. The number of alkyl carbamates (subject to hydrolysis) is 1. The van der Waals surface area contributed by atoms with E-state index in [-0.39, 0.29) is 5.92 Å². The van der Waals surface area contributed by atoms with E-state index >= 15 is 0 Å². The Morgan fingerprint density at radius 2 is 1.57 bits per heavy atom. The fourth-order valence-electron chi connectivity index (χ4n) is 4.06. The molecule has 0 aliphatic heterocycles. The maximum absolute atomic E-state index is 12.2. The van der Waals surface area contributed by atoms with Crippen LogP contribution < -0.4 is 5.32 Å². The van der Waals surface area contributed by atoms with E-state index in [9.17, 15) is 4.79 Å². The van der Waals surface area contributed by atoms with Crippen LogP contribution in [0.25, 0.3) is 17.2 Å². The third kappa shape index (κ3) is 4.12. The third-order valence-electron chi connectivity index (χ3n) is 5.48. The Morgan fingerprint density at radius 1 is 1.00 bits per heavy atom. The number of hydrogen-bond donors (Lipinski definition) is 1. The van der Waals surface area contributed by atoms with Crippen molar-refractivity contribution in [1.82, 2.24) is 5.32 Å². The largest absolute Gasteiger partial charge is 0.449 e. The zero-order chi connectivity index (χ0) is 21.1. The van der Waals surface area contributed by atoms with Crippen LogP contribution in [0.1, 0.15) is 33.7 Å². The fraction of sp³-hybridized carbons (Fsp3) is 0.192. The lowest BCUT2D eigenvalue weighted by atomic mass is 9.98. The third-order valence-corrected chi connectivity index (χ3v) is 6.07. The van der Waals surface area contributed by atoms with Crippen molar-refractivity contribution in [2.75, 3.05) is 13.2 Å². The van der Waals surface area contributed by atoms with Gasteiger partial charge in [0.05, 0.1) is 0 Å². The molecule has 0 saturated carbocycles. The molecule has 1 aliphatic carbocycles. The van der Waals surface area contributed by atoms with Gasteiger partial charge in [-0.1, -0.05) is 84.4 Å². The number of halogens is 1. The van der Waals surface area contributed by atoms with Gasteiger partial charge < -0.3 is 10.1 Å².